The van der Waals surface area contributed by atoms with Gasteiger partial charge >= 0.3 is 0 Å². The first kappa shape index (κ1) is 17.2. The van der Waals surface area contributed by atoms with E-state index in [1.165, 1.54) is 11.4 Å². The molecule has 0 aromatic heterocycles. The fourth-order valence-corrected chi connectivity index (χ4v) is 4.28. The van der Waals surface area contributed by atoms with Crippen LogP contribution in [0.5, 0.6) is 0 Å². The Balaban J connectivity index is 2.03. The number of benzene rings is 2. The van der Waals surface area contributed by atoms with Crippen LogP contribution in [0.1, 0.15) is 0 Å². The van der Waals surface area contributed by atoms with Gasteiger partial charge in [0.2, 0.25) is 0 Å². The van der Waals surface area contributed by atoms with Crippen molar-refractivity contribution < 1.29 is 0 Å². The van der Waals surface area contributed by atoms with Crippen molar-refractivity contribution in [1.82, 2.24) is 0 Å². The van der Waals surface area contributed by atoms with Crippen LogP contribution in [0, 0.1) is 0 Å². The van der Waals surface area contributed by atoms with Crippen LogP contribution in [0.4, 0.5) is 22.7 Å². The van der Waals surface area contributed by atoms with Crippen molar-refractivity contribution in [3.8, 4) is 0 Å². The van der Waals surface area contributed by atoms with Crippen LogP contribution in [0.3, 0.4) is 0 Å². The van der Waals surface area contributed by atoms with Crippen molar-refractivity contribution in [1.29, 1.82) is 0 Å². The fourth-order valence-electron chi connectivity index (χ4n) is 2.44. The van der Waals surface area contributed by atoms with Crippen LogP contribution in [-0.4, -0.2) is 36.6 Å². The minimum absolute atomic E-state index is 1.16. The van der Waals surface area contributed by atoms with Gasteiger partial charge < -0.3 is 19.8 Å². The molecular weight excluding hydrogens is 300 g/mol. The second-order valence-corrected chi connectivity index (χ2v) is 10.5. The molecular formula is C18H28N4Si. The summed E-state index contributed by atoms with van der Waals surface area (Å²) in [6, 6.07) is 17.1. The van der Waals surface area contributed by atoms with E-state index in [0.29, 0.717) is 0 Å². The summed E-state index contributed by atoms with van der Waals surface area (Å²) in [5, 5.41) is 0. The van der Waals surface area contributed by atoms with Gasteiger partial charge in [0.15, 0.2) is 0 Å². The zero-order valence-electron chi connectivity index (χ0n) is 15.0. The molecule has 0 heterocycles. The molecule has 0 radical (unpaired) electrons. The standard InChI is InChI=1S/C18H28N4Si/c1-21(2)17-11-7-15(8-12-17)19-23(5,6)20-16-9-13-18(14-10-16)22(3)4/h7-14,19-20H,1-6H3. The maximum atomic E-state index is 3.67. The van der Waals surface area contributed by atoms with Crippen LogP contribution in [0.2, 0.25) is 13.1 Å². The molecule has 0 unspecified atom stereocenters. The lowest BCUT2D eigenvalue weighted by molar-refractivity contribution is 1.13. The molecule has 124 valence electrons. The second kappa shape index (κ2) is 6.96. The molecule has 0 aliphatic heterocycles. The minimum atomic E-state index is -1.80. The lowest BCUT2D eigenvalue weighted by Crippen LogP contribution is -2.45. The molecule has 23 heavy (non-hydrogen) atoms. The van der Waals surface area contributed by atoms with Crippen molar-refractivity contribution in [2.45, 2.75) is 13.1 Å². The third-order valence-corrected chi connectivity index (χ3v) is 5.51. The summed E-state index contributed by atoms with van der Waals surface area (Å²) in [7, 11) is 6.42. The number of anilines is 4. The highest BCUT2D eigenvalue weighted by atomic mass is 28.3. The monoisotopic (exact) mass is 328 g/mol. The van der Waals surface area contributed by atoms with Crippen molar-refractivity contribution in [2.75, 3.05) is 48.0 Å². The Labute approximate surface area is 141 Å². The smallest absolute Gasteiger partial charge is 0.252 e. The highest BCUT2D eigenvalue weighted by molar-refractivity contribution is 6.83. The SMILES string of the molecule is CN(C)c1ccc(N[Si](C)(C)Nc2ccc(N(C)C)cc2)cc1. The first-order chi connectivity index (χ1) is 10.8. The van der Waals surface area contributed by atoms with E-state index < -0.39 is 8.40 Å². The van der Waals surface area contributed by atoms with Gasteiger partial charge in [0, 0.05) is 50.9 Å². The van der Waals surface area contributed by atoms with Crippen LogP contribution >= 0.6 is 0 Å². The quantitative estimate of drug-likeness (QED) is 0.783. The number of nitrogens with one attached hydrogen (secondary N) is 2. The molecule has 0 amide bonds. The zero-order chi connectivity index (χ0) is 17.0. The summed E-state index contributed by atoms with van der Waals surface area (Å²) >= 11 is 0. The van der Waals surface area contributed by atoms with E-state index in [0.717, 1.165) is 11.4 Å². The van der Waals surface area contributed by atoms with Crippen LogP contribution in [0.15, 0.2) is 48.5 Å². The Morgan fingerprint density at radius 1 is 0.609 bits per heavy atom. The number of hydrogen-bond acceptors (Lipinski definition) is 4. The van der Waals surface area contributed by atoms with Gasteiger partial charge in [0.25, 0.3) is 8.40 Å². The molecule has 5 heteroatoms. The Hall–Kier alpha value is -2.14. The van der Waals surface area contributed by atoms with Gasteiger partial charge in [-0.05, 0) is 61.6 Å². The molecule has 0 atom stereocenters. The van der Waals surface area contributed by atoms with Crippen LogP contribution < -0.4 is 19.8 Å². The predicted octanol–water partition coefficient (Wildman–Crippen LogP) is 4.04. The molecule has 0 fully saturated rings. The summed E-state index contributed by atoms with van der Waals surface area (Å²) in [5.41, 5.74) is 4.74. The third kappa shape index (κ3) is 4.92. The van der Waals surface area contributed by atoms with Gasteiger partial charge in [-0.2, -0.15) is 0 Å². The van der Waals surface area contributed by atoms with Gasteiger partial charge in [-0.25, -0.2) is 0 Å². The predicted molar refractivity (Wildman–Crippen MR) is 106 cm³/mol. The van der Waals surface area contributed by atoms with Gasteiger partial charge in [0.05, 0.1) is 0 Å². The zero-order valence-corrected chi connectivity index (χ0v) is 16.0. The van der Waals surface area contributed by atoms with E-state index in [9.17, 15) is 0 Å². The van der Waals surface area contributed by atoms with E-state index in [1.807, 2.05) is 0 Å². The van der Waals surface area contributed by atoms with E-state index in [-0.39, 0.29) is 0 Å². The average molecular weight is 329 g/mol. The maximum Gasteiger partial charge on any atom is 0.252 e. The summed E-state index contributed by atoms with van der Waals surface area (Å²) in [6.45, 7) is 4.54. The summed E-state index contributed by atoms with van der Waals surface area (Å²) < 4.78 is 0. The largest absolute Gasteiger partial charge is 0.395 e. The first-order valence-corrected chi connectivity index (χ1v) is 10.9. The van der Waals surface area contributed by atoms with Crippen molar-refractivity contribution in [3.63, 3.8) is 0 Å². The average Bonchev–Trinajstić information content (AvgIpc) is 2.47. The Kier molecular flexibility index (Phi) is 5.21. The molecule has 0 spiro atoms. The number of hydrogen-bond donors (Lipinski definition) is 2. The Bertz CT molecular complexity index is 563. The van der Waals surface area contributed by atoms with Gasteiger partial charge in [-0.15, -0.1) is 0 Å². The van der Waals surface area contributed by atoms with Crippen molar-refractivity contribution in [3.05, 3.63) is 48.5 Å². The van der Waals surface area contributed by atoms with E-state index in [1.54, 1.807) is 0 Å². The summed E-state index contributed by atoms with van der Waals surface area (Å²) in [4.78, 5) is 11.6. The Morgan fingerprint density at radius 3 is 1.17 bits per heavy atom. The van der Waals surface area contributed by atoms with Gasteiger partial charge in [0.1, 0.15) is 0 Å². The van der Waals surface area contributed by atoms with Crippen molar-refractivity contribution in [2.24, 2.45) is 0 Å². The van der Waals surface area contributed by atoms with E-state index in [2.05, 4.69) is 110 Å². The first-order valence-electron chi connectivity index (χ1n) is 7.88. The number of rotatable bonds is 6. The molecule has 2 aromatic carbocycles. The fraction of sp³-hybridized carbons (Fsp3) is 0.333. The van der Waals surface area contributed by atoms with Gasteiger partial charge in [-0.1, -0.05) is 0 Å². The molecule has 0 aliphatic carbocycles. The normalized spacial score (nSPS) is 11.0. The summed E-state index contributed by atoms with van der Waals surface area (Å²) in [6.07, 6.45) is 0. The molecule has 2 aromatic rings. The molecule has 0 aliphatic rings. The second-order valence-electron chi connectivity index (χ2n) is 6.76. The Morgan fingerprint density at radius 2 is 0.913 bits per heavy atom. The summed E-state index contributed by atoms with van der Waals surface area (Å²) in [5.74, 6) is 0. The van der Waals surface area contributed by atoms with E-state index >= 15 is 0 Å². The third-order valence-electron chi connectivity index (χ3n) is 3.68. The molecule has 0 saturated heterocycles. The van der Waals surface area contributed by atoms with E-state index in [4.69, 9.17) is 0 Å². The maximum absolute atomic E-state index is 3.67. The molecule has 0 saturated carbocycles. The topological polar surface area (TPSA) is 30.5 Å². The minimum Gasteiger partial charge on any atom is -0.395 e. The molecule has 2 N–H and O–H groups in total. The van der Waals surface area contributed by atoms with Crippen LogP contribution in [-0.2, 0) is 0 Å². The highest BCUT2D eigenvalue weighted by Gasteiger charge is 2.21. The highest BCUT2D eigenvalue weighted by Crippen LogP contribution is 2.21. The molecule has 0 bridgehead atoms. The molecule has 4 nitrogen and oxygen atoms in total. The van der Waals surface area contributed by atoms with Crippen LogP contribution in [0.25, 0.3) is 0 Å². The lowest BCUT2D eigenvalue weighted by Gasteiger charge is -2.27. The van der Waals surface area contributed by atoms with Crippen molar-refractivity contribution >= 4 is 31.1 Å². The van der Waals surface area contributed by atoms with Gasteiger partial charge in [-0.3, -0.25) is 0 Å². The number of nitrogens with zero attached hydrogens (tertiary/aromatic N) is 2. The lowest BCUT2D eigenvalue weighted by atomic mass is 10.3. The molecule has 2 rings (SSSR count).